The summed E-state index contributed by atoms with van der Waals surface area (Å²) in [5.74, 6) is -2.18. The van der Waals surface area contributed by atoms with Gasteiger partial charge in [-0.1, -0.05) is 25.5 Å². The fraction of sp³-hybridized carbons (Fsp3) is 0.692. The molecule has 1 N–H and O–H groups in total. The first kappa shape index (κ1) is 12.1. The summed E-state index contributed by atoms with van der Waals surface area (Å²) in [4.78, 5) is 23.1. The highest BCUT2D eigenvalue weighted by molar-refractivity contribution is 5.86. The number of carbonyl (C=O) groups excluding carboxylic acids is 2. The Morgan fingerprint density at radius 1 is 1.29 bits per heavy atom. The minimum atomic E-state index is -1.09. The summed E-state index contributed by atoms with van der Waals surface area (Å²) < 4.78 is 0. The van der Waals surface area contributed by atoms with E-state index in [1.54, 1.807) is 0 Å². The highest BCUT2D eigenvalue weighted by atomic mass is 16.4. The number of carboxylic acids is 1. The number of aliphatic carboxylic acids is 1. The molecule has 1 amide bonds. The third kappa shape index (κ3) is 2.21. The molecule has 0 unspecified atom stereocenters. The molecule has 0 spiro atoms. The summed E-state index contributed by atoms with van der Waals surface area (Å²) in [6, 6.07) is 0. The van der Waals surface area contributed by atoms with E-state index in [0.717, 1.165) is 19.3 Å². The van der Waals surface area contributed by atoms with Crippen LogP contribution in [0.15, 0.2) is 12.2 Å². The molecule has 4 heteroatoms. The topological polar surface area (TPSA) is 69.2 Å². The summed E-state index contributed by atoms with van der Waals surface area (Å²) in [6.07, 6.45) is 6.62. The van der Waals surface area contributed by atoms with Crippen LogP contribution < -0.4 is 10.4 Å². The lowest BCUT2D eigenvalue weighted by molar-refractivity contribution is -0.313. The summed E-state index contributed by atoms with van der Waals surface area (Å²) in [7, 11) is 0. The maximum atomic E-state index is 12.0. The van der Waals surface area contributed by atoms with Crippen molar-refractivity contribution in [1.82, 2.24) is 5.32 Å². The van der Waals surface area contributed by atoms with Crippen LogP contribution in [0.1, 0.15) is 26.2 Å². The standard InChI is InChI=1S/C13H19NO3/c1-2-3-6-14-12(15)10-8-4-5-9(7-8)11(10)13(16)17/h4-5,8-11H,2-3,6-7H2,1H3,(H,14,15)(H,16,17)/p-1/t8-,9+,10-,11+/m1/s1. The van der Waals surface area contributed by atoms with Crippen molar-refractivity contribution in [3.8, 4) is 0 Å². The van der Waals surface area contributed by atoms with Crippen molar-refractivity contribution < 1.29 is 14.7 Å². The predicted octanol–water partition coefficient (Wildman–Crippen LogP) is 0.0909. The molecule has 0 aromatic carbocycles. The number of hydrogen-bond acceptors (Lipinski definition) is 3. The molecule has 0 aromatic heterocycles. The number of allylic oxidation sites excluding steroid dienone is 2. The van der Waals surface area contributed by atoms with Crippen LogP contribution in [0.5, 0.6) is 0 Å². The number of carboxylic acid groups (broad SMARTS) is 1. The summed E-state index contributed by atoms with van der Waals surface area (Å²) in [5, 5.41) is 13.9. The Hall–Kier alpha value is -1.32. The van der Waals surface area contributed by atoms with E-state index in [1.807, 2.05) is 12.2 Å². The van der Waals surface area contributed by atoms with Crippen molar-refractivity contribution in [2.75, 3.05) is 6.54 Å². The molecule has 2 bridgehead atoms. The first-order valence-electron chi connectivity index (χ1n) is 6.32. The molecule has 94 valence electrons. The zero-order valence-corrected chi connectivity index (χ0v) is 10.0. The smallest absolute Gasteiger partial charge is 0.224 e. The summed E-state index contributed by atoms with van der Waals surface area (Å²) in [6.45, 7) is 2.68. The van der Waals surface area contributed by atoms with Crippen LogP contribution >= 0.6 is 0 Å². The second kappa shape index (κ2) is 4.90. The highest BCUT2D eigenvalue weighted by Crippen LogP contribution is 2.47. The lowest BCUT2D eigenvalue weighted by Crippen LogP contribution is -2.45. The average Bonchev–Trinajstić information content (AvgIpc) is 2.88. The molecule has 17 heavy (non-hydrogen) atoms. The maximum absolute atomic E-state index is 12.0. The number of amides is 1. The second-order valence-electron chi connectivity index (χ2n) is 4.96. The van der Waals surface area contributed by atoms with Crippen LogP contribution in [0.25, 0.3) is 0 Å². The molecule has 1 fully saturated rings. The van der Waals surface area contributed by atoms with Gasteiger partial charge in [0.25, 0.3) is 0 Å². The van der Waals surface area contributed by atoms with E-state index in [4.69, 9.17) is 0 Å². The van der Waals surface area contributed by atoms with Crippen LogP contribution in [0.2, 0.25) is 0 Å². The molecular formula is C13H18NO3-. The van der Waals surface area contributed by atoms with Crippen LogP contribution in [-0.4, -0.2) is 18.4 Å². The lowest BCUT2D eigenvalue weighted by atomic mass is 9.82. The highest BCUT2D eigenvalue weighted by Gasteiger charge is 2.48. The Labute approximate surface area is 101 Å². The van der Waals surface area contributed by atoms with Crippen LogP contribution in [0, 0.1) is 23.7 Å². The van der Waals surface area contributed by atoms with E-state index in [0.29, 0.717) is 6.54 Å². The summed E-state index contributed by atoms with van der Waals surface area (Å²) >= 11 is 0. The molecule has 2 aliphatic rings. The zero-order valence-electron chi connectivity index (χ0n) is 10.0. The minimum Gasteiger partial charge on any atom is -0.550 e. The lowest BCUT2D eigenvalue weighted by Gasteiger charge is -2.27. The first-order chi connectivity index (χ1) is 8.15. The van der Waals surface area contributed by atoms with Gasteiger partial charge in [0.15, 0.2) is 0 Å². The molecule has 2 aliphatic carbocycles. The predicted molar refractivity (Wildman–Crippen MR) is 60.6 cm³/mol. The second-order valence-corrected chi connectivity index (χ2v) is 4.96. The van der Waals surface area contributed by atoms with E-state index < -0.39 is 17.8 Å². The molecular weight excluding hydrogens is 218 g/mol. The molecule has 2 rings (SSSR count). The van der Waals surface area contributed by atoms with E-state index in [9.17, 15) is 14.7 Å². The van der Waals surface area contributed by atoms with Crippen molar-refractivity contribution in [2.24, 2.45) is 23.7 Å². The van der Waals surface area contributed by atoms with Crippen molar-refractivity contribution in [3.05, 3.63) is 12.2 Å². The van der Waals surface area contributed by atoms with Gasteiger partial charge in [0.1, 0.15) is 0 Å². The quantitative estimate of drug-likeness (QED) is 0.543. The molecule has 0 saturated heterocycles. The van der Waals surface area contributed by atoms with Gasteiger partial charge in [-0.15, -0.1) is 0 Å². The van der Waals surface area contributed by atoms with Gasteiger partial charge in [-0.2, -0.15) is 0 Å². The third-order valence-corrected chi connectivity index (χ3v) is 3.86. The SMILES string of the molecule is CCCCNC(=O)[C@H]1[C@@H](C(=O)[O-])[C@H]2C=C[C@@H]1C2. The van der Waals surface area contributed by atoms with E-state index in [1.165, 1.54) is 0 Å². The Balaban J connectivity index is 2.01. The Kier molecular flexibility index (Phi) is 3.50. The maximum Gasteiger partial charge on any atom is 0.224 e. The van der Waals surface area contributed by atoms with E-state index in [2.05, 4.69) is 12.2 Å². The van der Waals surface area contributed by atoms with Gasteiger partial charge in [0.2, 0.25) is 5.91 Å². The van der Waals surface area contributed by atoms with Crippen LogP contribution in [0.4, 0.5) is 0 Å². The normalized spacial score (nSPS) is 33.9. The third-order valence-electron chi connectivity index (χ3n) is 3.86. The minimum absolute atomic E-state index is 0.00748. The average molecular weight is 236 g/mol. The van der Waals surface area contributed by atoms with Crippen molar-refractivity contribution in [1.29, 1.82) is 0 Å². The van der Waals surface area contributed by atoms with Gasteiger partial charge >= 0.3 is 0 Å². The first-order valence-corrected chi connectivity index (χ1v) is 6.32. The monoisotopic (exact) mass is 236 g/mol. The Morgan fingerprint density at radius 2 is 1.94 bits per heavy atom. The number of unbranched alkanes of at least 4 members (excludes halogenated alkanes) is 1. The molecule has 4 atom stereocenters. The fourth-order valence-corrected chi connectivity index (χ4v) is 3.01. The van der Waals surface area contributed by atoms with Gasteiger partial charge in [-0.25, -0.2) is 0 Å². The molecule has 0 heterocycles. The largest absolute Gasteiger partial charge is 0.550 e. The van der Waals surface area contributed by atoms with Crippen molar-refractivity contribution in [2.45, 2.75) is 26.2 Å². The number of rotatable bonds is 5. The molecule has 1 saturated carbocycles. The fourth-order valence-electron chi connectivity index (χ4n) is 3.01. The number of hydrogen-bond donors (Lipinski definition) is 1. The van der Waals surface area contributed by atoms with Gasteiger partial charge in [-0.3, -0.25) is 4.79 Å². The Morgan fingerprint density at radius 3 is 2.53 bits per heavy atom. The van der Waals surface area contributed by atoms with Crippen LogP contribution in [-0.2, 0) is 9.59 Å². The van der Waals surface area contributed by atoms with Gasteiger partial charge in [-0.05, 0) is 24.7 Å². The molecule has 0 aromatic rings. The number of carbonyl (C=O) groups is 2. The molecule has 0 radical (unpaired) electrons. The Bertz CT molecular complexity index is 351. The summed E-state index contributed by atoms with van der Waals surface area (Å²) in [5.41, 5.74) is 0. The van der Waals surface area contributed by atoms with Gasteiger partial charge in [0, 0.05) is 18.4 Å². The van der Waals surface area contributed by atoms with Crippen molar-refractivity contribution >= 4 is 11.9 Å². The van der Waals surface area contributed by atoms with Crippen molar-refractivity contribution in [3.63, 3.8) is 0 Å². The number of nitrogens with one attached hydrogen (secondary N) is 1. The van der Waals surface area contributed by atoms with Gasteiger partial charge in [0.05, 0.1) is 5.92 Å². The number of fused-ring (bicyclic) bond motifs is 2. The van der Waals surface area contributed by atoms with Crippen LogP contribution in [0.3, 0.4) is 0 Å². The van der Waals surface area contributed by atoms with E-state index in [-0.39, 0.29) is 17.7 Å². The van der Waals surface area contributed by atoms with E-state index >= 15 is 0 Å². The van der Waals surface area contributed by atoms with Gasteiger partial charge < -0.3 is 15.2 Å². The molecule has 4 nitrogen and oxygen atoms in total. The molecule has 0 aliphatic heterocycles. The zero-order chi connectivity index (χ0) is 12.4.